The monoisotopic (exact) mass is 335 g/mol. The number of carbonyl (C=O) groups is 1. The highest BCUT2D eigenvalue weighted by molar-refractivity contribution is 7.09. The Balaban J connectivity index is 1.70. The second kappa shape index (κ2) is 7.18. The summed E-state index contributed by atoms with van der Waals surface area (Å²) < 4.78 is 7.33. The Bertz CT molecular complexity index is 662. The van der Waals surface area contributed by atoms with E-state index in [-0.39, 0.29) is 12.0 Å². The molecule has 8 heteroatoms. The quantitative estimate of drug-likeness (QED) is 0.796. The second-order valence-corrected chi connectivity index (χ2v) is 6.76. The predicted octanol–water partition coefficient (Wildman–Crippen LogP) is 1.33. The van der Waals surface area contributed by atoms with E-state index < -0.39 is 0 Å². The number of rotatable bonds is 6. The number of thiazole rings is 1. The third kappa shape index (κ3) is 4.14. The molecule has 3 rings (SSSR count). The molecule has 2 aromatic heterocycles. The lowest BCUT2D eigenvalue weighted by molar-refractivity contribution is -0.132. The molecule has 0 spiro atoms. The minimum atomic E-state index is 0.0544. The Morgan fingerprint density at radius 2 is 2.43 bits per heavy atom. The third-order valence-electron chi connectivity index (χ3n) is 3.93. The highest BCUT2D eigenvalue weighted by atomic mass is 32.1. The molecule has 1 aliphatic heterocycles. The number of amides is 1. The van der Waals surface area contributed by atoms with Crippen LogP contribution in [0.1, 0.15) is 29.2 Å². The molecule has 0 aromatic carbocycles. The summed E-state index contributed by atoms with van der Waals surface area (Å²) in [6.07, 6.45) is 4.13. The van der Waals surface area contributed by atoms with Crippen LogP contribution in [0, 0.1) is 6.92 Å². The van der Waals surface area contributed by atoms with Gasteiger partial charge in [-0.1, -0.05) is 5.21 Å². The summed E-state index contributed by atoms with van der Waals surface area (Å²) in [5.74, 6) is 0.0544. The summed E-state index contributed by atoms with van der Waals surface area (Å²) in [4.78, 5) is 19.1. The van der Waals surface area contributed by atoms with Crippen LogP contribution in [0.15, 0.2) is 11.6 Å². The fraction of sp³-hybridized carbons (Fsp3) is 0.600. The maximum atomic E-state index is 12.7. The van der Waals surface area contributed by atoms with Gasteiger partial charge in [-0.05, 0) is 19.8 Å². The largest absolute Gasteiger partial charge is 0.376 e. The van der Waals surface area contributed by atoms with E-state index in [1.165, 1.54) is 0 Å². The highest BCUT2D eigenvalue weighted by Crippen LogP contribution is 2.18. The van der Waals surface area contributed by atoms with Gasteiger partial charge >= 0.3 is 0 Å². The molecule has 7 nitrogen and oxygen atoms in total. The Labute approximate surface area is 139 Å². The smallest absolute Gasteiger partial charge is 0.229 e. The van der Waals surface area contributed by atoms with E-state index in [0.717, 1.165) is 35.8 Å². The average Bonchev–Trinajstić information content (AvgIpc) is 3.24. The number of aromatic nitrogens is 4. The molecule has 23 heavy (non-hydrogen) atoms. The van der Waals surface area contributed by atoms with Crippen molar-refractivity contribution < 1.29 is 9.53 Å². The van der Waals surface area contributed by atoms with Crippen molar-refractivity contribution in [3.63, 3.8) is 0 Å². The molecule has 0 saturated carbocycles. The van der Waals surface area contributed by atoms with Gasteiger partial charge in [-0.15, -0.1) is 16.4 Å². The number of ether oxygens (including phenoxy) is 1. The lowest BCUT2D eigenvalue weighted by Gasteiger charge is -2.24. The topological polar surface area (TPSA) is 73.1 Å². The van der Waals surface area contributed by atoms with E-state index in [9.17, 15) is 4.79 Å². The van der Waals surface area contributed by atoms with E-state index in [1.54, 1.807) is 29.3 Å². The summed E-state index contributed by atoms with van der Waals surface area (Å²) >= 11 is 1.59. The van der Waals surface area contributed by atoms with Crippen molar-refractivity contribution >= 4 is 17.2 Å². The summed E-state index contributed by atoms with van der Waals surface area (Å²) in [6, 6.07) is 0. The van der Waals surface area contributed by atoms with Crippen LogP contribution in [-0.2, 0) is 29.5 Å². The van der Waals surface area contributed by atoms with Gasteiger partial charge in [0.1, 0.15) is 5.01 Å². The minimum absolute atomic E-state index is 0.0544. The molecule has 0 N–H and O–H groups in total. The Morgan fingerprint density at radius 3 is 3.04 bits per heavy atom. The van der Waals surface area contributed by atoms with Crippen molar-refractivity contribution in [1.82, 2.24) is 24.9 Å². The van der Waals surface area contributed by atoms with Gasteiger partial charge in [-0.2, -0.15) is 0 Å². The van der Waals surface area contributed by atoms with E-state index in [4.69, 9.17) is 4.74 Å². The maximum absolute atomic E-state index is 12.7. The molecule has 124 valence electrons. The first-order valence-corrected chi connectivity index (χ1v) is 8.63. The molecular formula is C15H21N5O2S. The van der Waals surface area contributed by atoms with Gasteiger partial charge in [-0.3, -0.25) is 9.48 Å². The van der Waals surface area contributed by atoms with Crippen LogP contribution < -0.4 is 0 Å². The first-order valence-electron chi connectivity index (χ1n) is 7.76. The van der Waals surface area contributed by atoms with Crippen molar-refractivity contribution in [2.24, 2.45) is 7.05 Å². The molecule has 0 bridgehead atoms. The summed E-state index contributed by atoms with van der Waals surface area (Å²) in [5, 5.41) is 10.7. The number of nitrogens with zero attached hydrogens (tertiary/aromatic N) is 5. The molecule has 1 atom stereocenters. The van der Waals surface area contributed by atoms with Crippen LogP contribution >= 0.6 is 11.3 Å². The average molecular weight is 335 g/mol. The van der Waals surface area contributed by atoms with Crippen molar-refractivity contribution in [2.75, 3.05) is 13.2 Å². The molecular weight excluding hydrogens is 314 g/mol. The van der Waals surface area contributed by atoms with Crippen LogP contribution in [-0.4, -0.2) is 50.0 Å². The van der Waals surface area contributed by atoms with Crippen LogP contribution in [0.25, 0.3) is 0 Å². The standard InChI is InChI=1S/C15H21N5O2S/c1-11-10-23-14(17-11)9-20(8-13-4-3-5-22-13)15(21)6-12-7-16-18-19(12)2/h7,10,13H,3-6,8-9H2,1-2H3. The van der Waals surface area contributed by atoms with Crippen LogP contribution in [0.3, 0.4) is 0 Å². The fourth-order valence-corrected chi connectivity index (χ4v) is 3.45. The van der Waals surface area contributed by atoms with Gasteiger partial charge in [0.25, 0.3) is 0 Å². The zero-order valence-corrected chi connectivity index (χ0v) is 14.3. The lowest BCUT2D eigenvalue weighted by Crippen LogP contribution is -2.38. The van der Waals surface area contributed by atoms with E-state index >= 15 is 0 Å². The number of carbonyl (C=O) groups excluding carboxylic acids is 1. The Morgan fingerprint density at radius 1 is 1.57 bits per heavy atom. The second-order valence-electron chi connectivity index (χ2n) is 5.82. The Kier molecular flexibility index (Phi) is 5.02. The van der Waals surface area contributed by atoms with E-state index in [0.29, 0.717) is 19.5 Å². The van der Waals surface area contributed by atoms with Gasteiger partial charge in [0.05, 0.1) is 31.0 Å². The zero-order chi connectivity index (χ0) is 16.2. The third-order valence-corrected chi connectivity index (χ3v) is 4.89. The minimum Gasteiger partial charge on any atom is -0.376 e. The summed E-state index contributed by atoms with van der Waals surface area (Å²) in [7, 11) is 1.80. The number of hydrogen-bond donors (Lipinski definition) is 0. The molecule has 2 aromatic rings. The number of aryl methyl sites for hydroxylation is 2. The first-order chi connectivity index (χ1) is 11.1. The molecule has 0 radical (unpaired) electrons. The van der Waals surface area contributed by atoms with Gasteiger partial charge in [0, 0.05) is 31.3 Å². The molecule has 1 aliphatic rings. The van der Waals surface area contributed by atoms with E-state index in [1.807, 2.05) is 17.2 Å². The molecule has 0 aliphatic carbocycles. The van der Waals surface area contributed by atoms with Crippen LogP contribution in [0.4, 0.5) is 0 Å². The van der Waals surface area contributed by atoms with Crippen molar-refractivity contribution in [1.29, 1.82) is 0 Å². The molecule has 3 heterocycles. The van der Waals surface area contributed by atoms with Gasteiger partial charge in [0.15, 0.2) is 0 Å². The van der Waals surface area contributed by atoms with E-state index in [2.05, 4.69) is 15.3 Å². The fourth-order valence-electron chi connectivity index (χ4n) is 2.66. The maximum Gasteiger partial charge on any atom is 0.229 e. The van der Waals surface area contributed by atoms with Crippen LogP contribution in [0.2, 0.25) is 0 Å². The normalized spacial score (nSPS) is 17.6. The molecule has 1 saturated heterocycles. The van der Waals surface area contributed by atoms with Gasteiger partial charge in [-0.25, -0.2) is 4.98 Å². The SMILES string of the molecule is Cc1csc(CN(CC2CCCO2)C(=O)Cc2cnnn2C)n1. The van der Waals surface area contributed by atoms with Crippen molar-refractivity contribution in [3.05, 3.63) is 28.0 Å². The Hall–Kier alpha value is -1.80. The lowest BCUT2D eigenvalue weighted by atomic mass is 10.2. The first kappa shape index (κ1) is 16.1. The summed E-state index contributed by atoms with van der Waals surface area (Å²) in [5.41, 5.74) is 1.80. The van der Waals surface area contributed by atoms with Crippen molar-refractivity contribution in [3.8, 4) is 0 Å². The summed E-state index contributed by atoms with van der Waals surface area (Å²) in [6.45, 7) is 3.90. The molecule has 1 amide bonds. The molecule has 1 fully saturated rings. The number of hydrogen-bond acceptors (Lipinski definition) is 6. The highest BCUT2D eigenvalue weighted by Gasteiger charge is 2.24. The zero-order valence-electron chi connectivity index (χ0n) is 13.4. The predicted molar refractivity (Wildman–Crippen MR) is 85.9 cm³/mol. The van der Waals surface area contributed by atoms with Crippen LogP contribution in [0.5, 0.6) is 0 Å². The van der Waals surface area contributed by atoms with Crippen molar-refractivity contribution in [2.45, 2.75) is 38.8 Å². The molecule has 1 unspecified atom stereocenters. The van der Waals surface area contributed by atoms with Gasteiger partial charge in [0.2, 0.25) is 5.91 Å². The van der Waals surface area contributed by atoms with Gasteiger partial charge < -0.3 is 9.64 Å².